The molecule has 0 saturated carbocycles. The molecule has 0 amide bonds. The molecule has 2 aromatic rings. The lowest BCUT2D eigenvalue weighted by molar-refractivity contribution is -0.384. The average molecular weight is 290 g/mol. The van der Waals surface area contributed by atoms with Gasteiger partial charge in [0, 0.05) is 36.3 Å². The summed E-state index contributed by atoms with van der Waals surface area (Å²) in [7, 11) is 0. The van der Waals surface area contributed by atoms with E-state index < -0.39 is 4.92 Å². The van der Waals surface area contributed by atoms with Gasteiger partial charge in [-0.3, -0.25) is 14.8 Å². The molecule has 0 spiro atoms. The van der Waals surface area contributed by atoms with Crippen molar-refractivity contribution in [1.29, 1.82) is 0 Å². The van der Waals surface area contributed by atoms with Crippen molar-refractivity contribution in [3.63, 3.8) is 0 Å². The van der Waals surface area contributed by atoms with E-state index in [1.54, 1.807) is 16.9 Å². The van der Waals surface area contributed by atoms with Gasteiger partial charge in [0.1, 0.15) is 5.75 Å². The molecule has 1 aromatic heterocycles. The Morgan fingerprint density at radius 1 is 1.48 bits per heavy atom. The molecule has 21 heavy (non-hydrogen) atoms. The standard InChI is InChI=1S/C14H18N4O3/c1-3-21-14-8-12(7-13(9-14)18(19)20)16-11(2)10-17-6-4-5-15-17/h4-9,11,16H,3,10H2,1-2H3. The van der Waals surface area contributed by atoms with E-state index in [1.165, 1.54) is 12.1 Å². The van der Waals surface area contributed by atoms with Crippen LogP contribution in [0.1, 0.15) is 13.8 Å². The fourth-order valence-corrected chi connectivity index (χ4v) is 2.04. The van der Waals surface area contributed by atoms with Crippen LogP contribution in [-0.4, -0.2) is 27.4 Å². The van der Waals surface area contributed by atoms with Gasteiger partial charge in [0.25, 0.3) is 5.69 Å². The Kier molecular flexibility index (Phi) is 4.76. The summed E-state index contributed by atoms with van der Waals surface area (Å²) in [6.45, 7) is 4.95. The first-order chi connectivity index (χ1) is 10.1. The lowest BCUT2D eigenvalue weighted by atomic mass is 10.2. The summed E-state index contributed by atoms with van der Waals surface area (Å²) in [5.74, 6) is 0.487. The summed E-state index contributed by atoms with van der Waals surface area (Å²) in [5, 5.41) is 18.3. The monoisotopic (exact) mass is 290 g/mol. The number of non-ortho nitro benzene ring substituents is 1. The minimum atomic E-state index is -0.425. The normalized spacial score (nSPS) is 11.9. The molecule has 1 heterocycles. The van der Waals surface area contributed by atoms with Crippen LogP contribution < -0.4 is 10.1 Å². The van der Waals surface area contributed by atoms with Gasteiger partial charge in [-0.25, -0.2) is 0 Å². The van der Waals surface area contributed by atoms with Crippen molar-refractivity contribution in [3.05, 3.63) is 46.8 Å². The highest BCUT2D eigenvalue weighted by Crippen LogP contribution is 2.26. The first-order valence-electron chi connectivity index (χ1n) is 6.74. The maximum absolute atomic E-state index is 11.0. The minimum Gasteiger partial charge on any atom is -0.494 e. The van der Waals surface area contributed by atoms with Crippen LogP contribution in [0.25, 0.3) is 0 Å². The minimum absolute atomic E-state index is 0.00902. The first kappa shape index (κ1) is 14.8. The third kappa shape index (κ3) is 4.20. The highest BCUT2D eigenvalue weighted by Gasteiger charge is 2.12. The number of nitrogens with one attached hydrogen (secondary N) is 1. The maximum Gasteiger partial charge on any atom is 0.275 e. The second-order valence-corrected chi connectivity index (χ2v) is 4.68. The van der Waals surface area contributed by atoms with E-state index in [2.05, 4.69) is 10.4 Å². The summed E-state index contributed by atoms with van der Waals surface area (Å²) in [4.78, 5) is 10.5. The van der Waals surface area contributed by atoms with Crippen molar-refractivity contribution in [1.82, 2.24) is 9.78 Å². The molecule has 0 radical (unpaired) electrons. The van der Waals surface area contributed by atoms with Crippen LogP contribution in [0.2, 0.25) is 0 Å². The number of hydrogen-bond donors (Lipinski definition) is 1. The summed E-state index contributed by atoms with van der Waals surface area (Å²) in [6.07, 6.45) is 3.59. The lowest BCUT2D eigenvalue weighted by Gasteiger charge is -2.16. The van der Waals surface area contributed by atoms with E-state index in [9.17, 15) is 10.1 Å². The van der Waals surface area contributed by atoms with Crippen LogP contribution in [0.5, 0.6) is 5.75 Å². The Morgan fingerprint density at radius 2 is 2.29 bits per heavy atom. The SMILES string of the molecule is CCOc1cc(NC(C)Cn2cccn2)cc([N+](=O)[O-])c1. The molecule has 1 atom stereocenters. The Morgan fingerprint density at radius 3 is 2.90 bits per heavy atom. The molecular weight excluding hydrogens is 272 g/mol. The second kappa shape index (κ2) is 6.74. The van der Waals surface area contributed by atoms with E-state index in [4.69, 9.17) is 4.74 Å². The van der Waals surface area contributed by atoms with Crippen LogP contribution >= 0.6 is 0 Å². The average Bonchev–Trinajstić information content (AvgIpc) is 2.91. The summed E-state index contributed by atoms with van der Waals surface area (Å²) < 4.78 is 7.17. The lowest BCUT2D eigenvalue weighted by Crippen LogP contribution is -2.22. The number of benzene rings is 1. The van der Waals surface area contributed by atoms with E-state index in [0.717, 1.165) is 0 Å². The van der Waals surface area contributed by atoms with Crippen molar-refractivity contribution >= 4 is 11.4 Å². The predicted octanol–water partition coefficient (Wildman–Crippen LogP) is 2.69. The zero-order chi connectivity index (χ0) is 15.2. The zero-order valence-electron chi connectivity index (χ0n) is 12.0. The zero-order valence-corrected chi connectivity index (χ0v) is 12.0. The van der Waals surface area contributed by atoms with E-state index >= 15 is 0 Å². The van der Waals surface area contributed by atoms with Crippen molar-refractivity contribution < 1.29 is 9.66 Å². The van der Waals surface area contributed by atoms with Gasteiger partial charge in [-0.05, 0) is 19.9 Å². The van der Waals surface area contributed by atoms with Gasteiger partial charge in [-0.2, -0.15) is 5.10 Å². The summed E-state index contributed by atoms with van der Waals surface area (Å²) in [5.41, 5.74) is 0.669. The number of rotatable bonds is 7. The third-order valence-electron chi connectivity index (χ3n) is 2.85. The van der Waals surface area contributed by atoms with Crippen LogP contribution in [0, 0.1) is 10.1 Å². The molecule has 112 valence electrons. The van der Waals surface area contributed by atoms with Gasteiger partial charge in [0.05, 0.1) is 24.1 Å². The summed E-state index contributed by atoms with van der Waals surface area (Å²) >= 11 is 0. The van der Waals surface area contributed by atoms with Crippen molar-refractivity contribution in [2.24, 2.45) is 0 Å². The van der Waals surface area contributed by atoms with E-state index in [1.807, 2.05) is 26.1 Å². The highest BCUT2D eigenvalue weighted by molar-refractivity contribution is 5.56. The van der Waals surface area contributed by atoms with Crippen molar-refractivity contribution in [2.75, 3.05) is 11.9 Å². The molecule has 0 fully saturated rings. The Labute approximate surface area is 122 Å². The van der Waals surface area contributed by atoms with Gasteiger partial charge in [0.15, 0.2) is 0 Å². The van der Waals surface area contributed by atoms with Gasteiger partial charge in [-0.1, -0.05) is 0 Å². The number of hydrogen-bond acceptors (Lipinski definition) is 5. The number of anilines is 1. The third-order valence-corrected chi connectivity index (χ3v) is 2.85. The molecule has 0 aliphatic heterocycles. The number of ether oxygens (including phenoxy) is 1. The largest absolute Gasteiger partial charge is 0.494 e. The molecule has 0 aliphatic rings. The van der Waals surface area contributed by atoms with E-state index in [-0.39, 0.29) is 11.7 Å². The molecule has 0 bridgehead atoms. The quantitative estimate of drug-likeness (QED) is 0.626. The summed E-state index contributed by atoms with van der Waals surface area (Å²) in [6, 6.07) is 6.61. The maximum atomic E-state index is 11.0. The number of nitrogens with zero attached hydrogens (tertiary/aromatic N) is 3. The number of aromatic nitrogens is 2. The van der Waals surface area contributed by atoms with Gasteiger partial charge < -0.3 is 10.1 Å². The van der Waals surface area contributed by atoms with Crippen LogP contribution in [-0.2, 0) is 6.54 Å². The van der Waals surface area contributed by atoms with Crippen LogP contribution in [0.15, 0.2) is 36.7 Å². The van der Waals surface area contributed by atoms with E-state index in [0.29, 0.717) is 24.6 Å². The van der Waals surface area contributed by atoms with Gasteiger partial charge >= 0.3 is 0 Å². The number of nitro groups is 1. The van der Waals surface area contributed by atoms with Crippen LogP contribution in [0.4, 0.5) is 11.4 Å². The molecule has 7 nitrogen and oxygen atoms in total. The van der Waals surface area contributed by atoms with Crippen molar-refractivity contribution in [2.45, 2.75) is 26.4 Å². The first-order valence-corrected chi connectivity index (χ1v) is 6.74. The van der Waals surface area contributed by atoms with Gasteiger partial charge in [-0.15, -0.1) is 0 Å². The fourth-order valence-electron chi connectivity index (χ4n) is 2.04. The predicted molar refractivity (Wildman–Crippen MR) is 79.6 cm³/mol. The molecule has 0 saturated heterocycles. The van der Waals surface area contributed by atoms with Crippen LogP contribution in [0.3, 0.4) is 0 Å². The molecule has 7 heteroatoms. The molecule has 1 N–H and O–H groups in total. The molecule has 1 unspecified atom stereocenters. The molecule has 2 rings (SSSR count). The Hall–Kier alpha value is -2.57. The Balaban J connectivity index is 2.12. The molecule has 0 aliphatic carbocycles. The number of nitro benzene ring substituents is 1. The van der Waals surface area contributed by atoms with Gasteiger partial charge in [0.2, 0.25) is 0 Å². The fraction of sp³-hybridized carbons (Fsp3) is 0.357. The Bertz CT molecular complexity index is 598. The molecular formula is C14H18N4O3. The molecule has 1 aromatic carbocycles. The van der Waals surface area contributed by atoms with Crippen molar-refractivity contribution in [3.8, 4) is 5.75 Å². The topological polar surface area (TPSA) is 82.2 Å². The second-order valence-electron chi connectivity index (χ2n) is 4.68. The smallest absolute Gasteiger partial charge is 0.275 e. The highest BCUT2D eigenvalue weighted by atomic mass is 16.6.